The van der Waals surface area contributed by atoms with E-state index < -0.39 is 36.8 Å². The molecule has 2 aromatic rings. The maximum atomic E-state index is 2.66. The van der Waals surface area contributed by atoms with E-state index in [4.69, 9.17) is 0 Å². The van der Waals surface area contributed by atoms with Gasteiger partial charge in [-0.05, 0) is 0 Å². The fourth-order valence-corrected chi connectivity index (χ4v) is 14.2. The van der Waals surface area contributed by atoms with Crippen LogP contribution in [0.15, 0.2) is 24.3 Å². The first-order chi connectivity index (χ1) is 12.1. The summed E-state index contributed by atoms with van der Waals surface area (Å²) in [6.45, 7) is 0. The average Bonchev–Trinajstić information content (AvgIpc) is 3.18. The molecule has 0 aromatic heterocycles. The maximum absolute atomic E-state index is 2.66. The molecule has 2 aromatic carbocycles. The van der Waals surface area contributed by atoms with Gasteiger partial charge < -0.3 is 0 Å². The van der Waals surface area contributed by atoms with Crippen molar-refractivity contribution in [3.05, 3.63) is 46.5 Å². The van der Waals surface area contributed by atoms with Crippen LogP contribution in [0.3, 0.4) is 0 Å². The van der Waals surface area contributed by atoms with Crippen LogP contribution >= 0.6 is 0 Å². The third kappa shape index (κ3) is 3.54. The van der Waals surface area contributed by atoms with Gasteiger partial charge in [-0.25, -0.2) is 0 Å². The average molecular weight is 560 g/mol. The van der Waals surface area contributed by atoms with Crippen LogP contribution in [0.2, 0.25) is 29.6 Å². The molecule has 0 amide bonds. The molecule has 0 atom stereocenters. The Kier molecular flexibility index (Phi) is 5.08. The van der Waals surface area contributed by atoms with E-state index in [1.807, 2.05) is 0 Å². The fraction of sp³-hybridized carbons (Fsp3) is 0.500. The zero-order valence-electron chi connectivity index (χ0n) is 17.6. The number of aryl methyl sites for hydroxylation is 4. The first kappa shape index (κ1) is 19.4. The molecule has 0 aliphatic heterocycles. The molecular formula is C24H34Sn2. The SMILES string of the molecule is [CH3][Sn]([CH3])([CH3])[c]1cc2c(cc1-c1cc3c(c[c]1[Sn]([CH3])([CH3])[CH3])CCC3)CCC2. The van der Waals surface area contributed by atoms with E-state index in [0.717, 1.165) is 0 Å². The van der Waals surface area contributed by atoms with Crippen LogP contribution in [0.5, 0.6) is 0 Å². The van der Waals surface area contributed by atoms with Crippen molar-refractivity contribution >= 4 is 43.9 Å². The molecule has 0 N–H and O–H groups in total. The number of fused-ring (bicyclic) bond motifs is 2. The van der Waals surface area contributed by atoms with Gasteiger partial charge in [0.1, 0.15) is 0 Å². The molecule has 0 nitrogen and oxygen atoms in total. The van der Waals surface area contributed by atoms with E-state index in [-0.39, 0.29) is 0 Å². The summed E-state index contributed by atoms with van der Waals surface area (Å²) in [6, 6.07) is 10.6. The second-order valence-electron chi connectivity index (χ2n) is 10.5. The van der Waals surface area contributed by atoms with E-state index in [1.54, 1.807) is 40.5 Å². The van der Waals surface area contributed by atoms with Gasteiger partial charge in [0, 0.05) is 0 Å². The predicted molar refractivity (Wildman–Crippen MR) is 122 cm³/mol. The number of benzene rings is 2. The van der Waals surface area contributed by atoms with Gasteiger partial charge in [-0.2, -0.15) is 0 Å². The zero-order chi connectivity index (χ0) is 18.7. The van der Waals surface area contributed by atoms with Crippen molar-refractivity contribution in [3.8, 4) is 11.1 Å². The van der Waals surface area contributed by atoms with E-state index in [0.29, 0.717) is 0 Å². The van der Waals surface area contributed by atoms with Gasteiger partial charge in [0.25, 0.3) is 0 Å². The summed E-state index contributed by atoms with van der Waals surface area (Å²) >= 11 is -4.39. The minimum atomic E-state index is -2.20. The van der Waals surface area contributed by atoms with Crippen LogP contribution < -0.4 is 7.16 Å². The molecule has 4 rings (SSSR count). The molecule has 2 heteroatoms. The Hall–Kier alpha value is 0.0374. The van der Waals surface area contributed by atoms with Crippen molar-refractivity contribution < 1.29 is 0 Å². The molecule has 26 heavy (non-hydrogen) atoms. The Morgan fingerprint density at radius 2 is 0.808 bits per heavy atom. The Bertz CT molecular complexity index is 790. The third-order valence-corrected chi connectivity index (χ3v) is 18.0. The summed E-state index contributed by atoms with van der Waals surface area (Å²) < 4.78 is 3.55. The van der Waals surface area contributed by atoms with Crippen molar-refractivity contribution in [2.75, 3.05) is 0 Å². The first-order valence-electron chi connectivity index (χ1n) is 10.5. The van der Waals surface area contributed by atoms with Gasteiger partial charge in [0.05, 0.1) is 0 Å². The Morgan fingerprint density at radius 3 is 1.12 bits per heavy atom. The molecule has 0 bridgehead atoms. The van der Waals surface area contributed by atoms with E-state index >= 15 is 0 Å². The van der Waals surface area contributed by atoms with Crippen LogP contribution in [0.4, 0.5) is 0 Å². The number of hydrogen-bond acceptors (Lipinski definition) is 0. The van der Waals surface area contributed by atoms with E-state index in [2.05, 4.69) is 53.9 Å². The molecule has 0 heterocycles. The third-order valence-electron chi connectivity index (χ3n) is 6.37. The van der Waals surface area contributed by atoms with Gasteiger partial charge in [-0.3, -0.25) is 0 Å². The molecule has 138 valence electrons. The molecule has 2 aliphatic rings. The summed E-state index contributed by atoms with van der Waals surface area (Å²) in [6.07, 6.45) is 7.91. The summed E-state index contributed by atoms with van der Waals surface area (Å²) in [5.41, 5.74) is 9.91. The quantitative estimate of drug-likeness (QED) is 0.441. The second-order valence-corrected chi connectivity index (χ2v) is 39.3. The molecule has 0 saturated carbocycles. The van der Waals surface area contributed by atoms with Crippen LogP contribution in [-0.2, 0) is 25.7 Å². The van der Waals surface area contributed by atoms with Crippen molar-refractivity contribution in [1.29, 1.82) is 0 Å². The van der Waals surface area contributed by atoms with E-state index in [9.17, 15) is 0 Å². The van der Waals surface area contributed by atoms with Gasteiger partial charge >= 0.3 is 170 Å². The predicted octanol–water partition coefficient (Wildman–Crippen LogP) is 5.42. The molecule has 0 unspecified atom stereocenters. The monoisotopic (exact) mass is 562 g/mol. The minimum absolute atomic E-state index is 1.29. The second kappa shape index (κ2) is 6.83. The summed E-state index contributed by atoms with van der Waals surface area (Å²) in [7, 11) is 0. The van der Waals surface area contributed by atoms with Crippen molar-refractivity contribution in [1.82, 2.24) is 0 Å². The van der Waals surface area contributed by atoms with Crippen molar-refractivity contribution in [2.24, 2.45) is 0 Å². The summed E-state index contributed by atoms with van der Waals surface area (Å²) in [5, 5.41) is 0. The zero-order valence-corrected chi connectivity index (χ0v) is 23.3. The number of hydrogen-bond donors (Lipinski definition) is 0. The van der Waals surface area contributed by atoms with Gasteiger partial charge in [0.15, 0.2) is 0 Å². The normalized spacial score (nSPS) is 16.7. The van der Waals surface area contributed by atoms with Gasteiger partial charge in [0.2, 0.25) is 0 Å². The Labute approximate surface area is 168 Å². The Morgan fingerprint density at radius 1 is 0.500 bits per heavy atom. The topological polar surface area (TPSA) is 0 Å². The van der Waals surface area contributed by atoms with E-state index in [1.165, 1.54) is 38.5 Å². The number of rotatable bonds is 3. The Balaban J connectivity index is 2.01. The molecule has 2 aliphatic carbocycles. The molecule has 0 saturated heterocycles. The molecule has 0 radical (unpaired) electrons. The summed E-state index contributed by atoms with van der Waals surface area (Å²) in [5.74, 6) is 0. The van der Waals surface area contributed by atoms with Crippen molar-refractivity contribution in [3.63, 3.8) is 0 Å². The fourth-order valence-electron chi connectivity index (χ4n) is 4.93. The molecule has 0 spiro atoms. The van der Waals surface area contributed by atoms with Crippen LogP contribution in [0.1, 0.15) is 35.1 Å². The van der Waals surface area contributed by atoms with Crippen molar-refractivity contribution in [2.45, 2.75) is 68.2 Å². The molecule has 0 fully saturated rings. The van der Waals surface area contributed by atoms with Crippen LogP contribution in [0.25, 0.3) is 11.1 Å². The van der Waals surface area contributed by atoms with Crippen LogP contribution in [0, 0.1) is 0 Å². The summed E-state index contributed by atoms with van der Waals surface area (Å²) in [4.78, 5) is 15.6. The van der Waals surface area contributed by atoms with Gasteiger partial charge in [-0.15, -0.1) is 0 Å². The first-order valence-corrected chi connectivity index (χ1v) is 30.5. The standard InChI is InChI=1S/C18H16.6CH3.2Sn/c1-3-13-7-9-17(11-15(13)5-1)18-10-8-14-4-2-6-16(14)12-18;;;;;;;;/h7-8,11-12H,1-6H2;6*1H3;;. The van der Waals surface area contributed by atoms with Gasteiger partial charge in [-0.1, -0.05) is 0 Å². The molecular weight excluding hydrogens is 526 g/mol. The van der Waals surface area contributed by atoms with Crippen LogP contribution in [-0.4, -0.2) is 36.8 Å².